The molecule has 0 aliphatic rings. The first kappa shape index (κ1) is 23.1. The fourth-order valence-corrected chi connectivity index (χ4v) is 3.83. The molecule has 0 atom stereocenters. The van der Waals surface area contributed by atoms with E-state index in [-0.39, 0.29) is 5.57 Å². The van der Waals surface area contributed by atoms with Gasteiger partial charge in [-0.3, -0.25) is 4.79 Å². The number of nitrogens with one attached hydrogen (secondary N) is 1. The summed E-state index contributed by atoms with van der Waals surface area (Å²) >= 11 is 12.0. The lowest BCUT2D eigenvalue weighted by molar-refractivity contribution is -0.112. The number of para-hydroxylation sites is 1. The molecule has 0 spiro atoms. The first-order chi connectivity index (χ1) is 16.5. The molecular formula is C26H18Cl2N4O2. The smallest absolute Gasteiger partial charge is 0.266 e. The van der Waals surface area contributed by atoms with Crippen molar-refractivity contribution < 1.29 is 9.53 Å². The van der Waals surface area contributed by atoms with Crippen molar-refractivity contribution in [1.29, 1.82) is 5.26 Å². The fraction of sp³-hybridized carbons (Fsp3) is 0.0385. The molecule has 168 valence electrons. The van der Waals surface area contributed by atoms with Crippen LogP contribution < -0.4 is 10.1 Å². The first-order valence-electron chi connectivity index (χ1n) is 10.2. The van der Waals surface area contributed by atoms with Crippen LogP contribution in [-0.4, -0.2) is 22.8 Å². The zero-order valence-corrected chi connectivity index (χ0v) is 19.5. The fourth-order valence-electron chi connectivity index (χ4n) is 3.31. The van der Waals surface area contributed by atoms with Gasteiger partial charge in [-0.25, -0.2) is 4.68 Å². The van der Waals surface area contributed by atoms with Crippen LogP contribution in [0.5, 0.6) is 5.75 Å². The molecule has 1 heterocycles. The van der Waals surface area contributed by atoms with Gasteiger partial charge >= 0.3 is 0 Å². The quantitative estimate of drug-likeness (QED) is 0.251. The molecule has 3 aromatic carbocycles. The lowest BCUT2D eigenvalue weighted by Gasteiger charge is -2.06. The van der Waals surface area contributed by atoms with Crippen LogP contribution in [0.25, 0.3) is 23.0 Å². The minimum Gasteiger partial charge on any atom is -0.497 e. The van der Waals surface area contributed by atoms with Gasteiger partial charge in [-0.2, -0.15) is 10.4 Å². The number of nitriles is 1. The van der Waals surface area contributed by atoms with Crippen LogP contribution in [0.3, 0.4) is 0 Å². The average molecular weight is 489 g/mol. The zero-order chi connectivity index (χ0) is 24.1. The van der Waals surface area contributed by atoms with Crippen molar-refractivity contribution in [2.75, 3.05) is 12.4 Å². The molecule has 0 bridgehead atoms. The SMILES string of the molecule is COc1ccc(-c2nn(-c3ccccc3)cc2/C=C(\C#N)C(=O)Nc2cc(Cl)cc(Cl)c2)cc1. The molecule has 0 fully saturated rings. The number of anilines is 1. The van der Waals surface area contributed by atoms with Crippen LogP contribution in [0.1, 0.15) is 5.56 Å². The third-order valence-corrected chi connectivity index (χ3v) is 5.35. The molecule has 0 radical (unpaired) electrons. The lowest BCUT2D eigenvalue weighted by atomic mass is 10.1. The van der Waals surface area contributed by atoms with Gasteiger partial charge < -0.3 is 10.1 Å². The minimum absolute atomic E-state index is 0.0986. The standard InChI is InChI=1S/C26H18Cl2N4O2/c1-34-24-9-7-17(8-10-24)25-19(16-32(31-25)23-5-3-2-4-6-23)11-18(15-29)26(33)30-22-13-20(27)12-21(28)14-22/h2-14,16H,1H3,(H,30,33)/b18-11+. The van der Waals surface area contributed by atoms with E-state index in [9.17, 15) is 10.1 Å². The Labute approximate surface area is 206 Å². The van der Waals surface area contributed by atoms with Crippen molar-refractivity contribution in [2.45, 2.75) is 0 Å². The molecule has 0 saturated carbocycles. The highest BCUT2D eigenvalue weighted by atomic mass is 35.5. The lowest BCUT2D eigenvalue weighted by Crippen LogP contribution is -2.13. The summed E-state index contributed by atoms with van der Waals surface area (Å²) in [6.45, 7) is 0. The second-order valence-electron chi connectivity index (χ2n) is 7.22. The maximum absolute atomic E-state index is 12.8. The van der Waals surface area contributed by atoms with Crippen molar-refractivity contribution in [3.8, 4) is 28.8 Å². The maximum Gasteiger partial charge on any atom is 0.266 e. The highest BCUT2D eigenvalue weighted by Crippen LogP contribution is 2.28. The molecule has 0 unspecified atom stereocenters. The van der Waals surface area contributed by atoms with Crippen LogP contribution in [0.2, 0.25) is 10.0 Å². The van der Waals surface area contributed by atoms with E-state index in [4.69, 9.17) is 33.0 Å². The Morgan fingerprint density at radius 3 is 2.35 bits per heavy atom. The van der Waals surface area contributed by atoms with Gasteiger partial charge in [-0.15, -0.1) is 0 Å². The normalized spacial score (nSPS) is 11.1. The highest BCUT2D eigenvalue weighted by molar-refractivity contribution is 6.35. The van der Waals surface area contributed by atoms with Crippen molar-refractivity contribution in [2.24, 2.45) is 0 Å². The van der Waals surface area contributed by atoms with E-state index in [2.05, 4.69) is 5.32 Å². The third-order valence-electron chi connectivity index (χ3n) is 4.91. The van der Waals surface area contributed by atoms with Crippen LogP contribution in [0.4, 0.5) is 5.69 Å². The Morgan fingerprint density at radius 2 is 1.74 bits per heavy atom. The van der Waals surface area contributed by atoms with Gasteiger partial charge in [-0.05, 0) is 60.7 Å². The number of carbonyl (C=O) groups is 1. The monoisotopic (exact) mass is 488 g/mol. The van der Waals surface area contributed by atoms with Crippen LogP contribution in [0, 0.1) is 11.3 Å². The molecule has 6 nitrogen and oxygen atoms in total. The summed E-state index contributed by atoms with van der Waals surface area (Å²) < 4.78 is 6.95. The van der Waals surface area contributed by atoms with Crippen LogP contribution in [-0.2, 0) is 4.79 Å². The molecule has 8 heteroatoms. The summed E-state index contributed by atoms with van der Waals surface area (Å²) in [6.07, 6.45) is 3.28. The summed E-state index contributed by atoms with van der Waals surface area (Å²) in [5.41, 5.74) is 3.15. The number of nitrogens with zero attached hydrogens (tertiary/aromatic N) is 3. The number of hydrogen-bond acceptors (Lipinski definition) is 4. The van der Waals surface area contributed by atoms with Gasteiger partial charge in [-0.1, -0.05) is 41.4 Å². The number of ether oxygens (including phenoxy) is 1. The van der Waals surface area contributed by atoms with E-state index in [1.54, 1.807) is 36.2 Å². The number of rotatable bonds is 6. The first-order valence-corrected chi connectivity index (χ1v) is 10.9. The second kappa shape index (κ2) is 10.3. The van der Waals surface area contributed by atoms with E-state index in [1.807, 2.05) is 60.7 Å². The third kappa shape index (κ3) is 5.29. The summed E-state index contributed by atoms with van der Waals surface area (Å²) in [4.78, 5) is 12.8. The molecule has 0 aliphatic heterocycles. The Balaban J connectivity index is 1.75. The molecule has 34 heavy (non-hydrogen) atoms. The highest BCUT2D eigenvalue weighted by Gasteiger charge is 2.16. The number of hydrogen-bond donors (Lipinski definition) is 1. The molecule has 1 N–H and O–H groups in total. The van der Waals surface area contributed by atoms with E-state index < -0.39 is 5.91 Å². The number of amides is 1. The van der Waals surface area contributed by atoms with E-state index >= 15 is 0 Å². The van der Waals surface area contributed by atoms with Crippen molar-refractivity contribution in [1.82, 2.24) is 9.78 Å². The topological polar surface area (TPSA) is 79.9 Å². The van der Waals surface area contributed by atoms with E-state index in [1.165, 1.54) is 6.08 Å². The van der Waals surface area contributed by atoms with Gasteiger partial charge in [0, 0.05) is 33.1 Å². The van der Waals surface area contributed by atoms with Crippen LogP contribution in [0.15, 0.2) is 84.6 Å². The molecule has 1 aromatic heterocycles. The number of methoxy groups -OCH3 is 1. The Morgan fingerprint density at radius 1 is 1.06 bits per heavy atom. The van der Waals surface area contributed by atoms with Gasteiger partial charge in [0.25, 0.3) is 5.91 Å². The van der Waals surface area contributed by atoms with Gasteiger partial charge in [0.15, 0.2) is 0 Å². The van der Waals surface area contributed by atoms with Crippen molar-refractivity contribution in [3.05, 3.63) is 100 Å². The average Bonchev–Trinajstić information content (AvgIpc) is 3.26. The molecule has 4 rings (SSSR count). The van der Waals surface area contributed by atoms with E-state index in [0.717, 1.165) is 11.3 Å². The Bertz CT molecular complexity index is 1380. The number of aromatic nitrogens is 2. The second-order valence-corrected chi connectivity index (χ2v) is 8.10. The van der Waals surface area contributed by atoms with Crippen LogP contribution >= 0.6 is 23.2 Å². The summed E-state index contributed by atoms with van der Waals surface area (Å²) in [5, 5.41) is 17.8. The van der Waals surface area contributed by atoms with Gasteiger partial charge in [0.1, 0.15) is 17.4 Å². The summed E-state index contributed by atoms with van der Waals surface area (Å²) in [5.74, 6) is 0.120. The maximum atomic E-state index is 12.8. The molecule has 1 amide bonds. The van der Waals surface area contributed by atoms with Crippen molar-refractivity contribution >= 4 is 40.9 Å². The number of carbonyl (C=O) groups excluding carboxylic acids is 1. The molecule has 4 aromatic rings. The Kier molecular flexibility index (Phi) is 6.98. The molecule has 0 saturated heterocycles. The Hall–Kier alpha value is -4.05. The predicted molar refractivity (Wildman–Crippen MR) is 134 cm³/mol. The summed E-state index contributed by atoms with van der Waals surface area (Å²) in [6, 6.07) is 23.6. The number of halogens is 2. The van der Waals surface area contributed by atoms with E-state index in [0.29, 0.717) is 32.7 Å². The summed E-state index contributed by atoms with van der Waals surface area (Å²) in [7, 11) is 1.60. The largest absolute Gasteiger partial charge is 0.497 e. The van der Waals surface area contributed by atoms with Crippen molar-refractivity contribution in [3.63, 3.8) is 0 Å². The van der Waals surface area contributed by atoms with Gasteiger partial charge in [0.05, 0.1) is 18.5 Å². The number of benzene rings is 3. The zero-order valence-electron chi connectivity index (χ0n) is 18.0. The predicted octanol–water partition coefficient (Wildman–Crippen LogP) is 6.40. The van der Waals surface area contributed by atoms with Gasteiger partial charge in [0.2, 0.25) is 0 Å². The minimum atomic E-state index is -0.589. The molecule has 0 aliphatic carbocycles. The molecular weight excluding hydrogens is 471 g/mol.